The maximum atomic E-state index is 11.1. The molecule has 0 aromatic rings. The Bertz CT molecular complexity index is 273. The van der Waals surface area contributed by atoms with Crippen molar-refractivity contribution in [3.63, 3.8) is 0 Å². The van der Waals surface area contributed by atoms with Crippen LogP contribution in [0.1, 0.15) is 12.8 Å². The minimum Gasteiger partial charge on any atom is -0.330 e. The molecule has 2 fully saturated rings. The largest absolute Gasteiger partial charge is 0.330 e. The van der Waals surface area contributed by atoms with Gasteiger partial charge in [-0.25, -0.2) is 8.42 Å². The van der Waals surface area contributed by atoms with Crippen molar-refractivity contribution in [1.82, 2.24) is 0 Å². The van der Waals surface area contributed by atoms with E-state index in [1.54, 1.807) is 0 Å². The molecule has 0 spiro atoms. The van der Waals surface area contributed by atoms with Gasteiger partial charge in [0.2, 0.25) is 0 Å². The van der Waals surface area contributed by atoms with Gasteiger partial charge in [-0.1, -0.05) is 0 Å². The van der Waals surface area contributed by atoms with Crippen molar-refractivity contribution in [2.45, 2.75) is 12.8 Å². The van der Waals surface area contributed by atoms with E-state index in [0.29, 0.717) is 29.3 Å². The van der Waals surface area contributed by atoms with Crippen LogP contribution in [0.15, 0.2) is 0 Å². The molecule has 3 nitrogen and oxygen atoms in total. The smallest absolute Gasteiger partial charge is 0.150 e. The minimum absolute atomic E-state index is 0.408. The topological polar surface area (TPSA) is 60.2 Å². The lowest BCUT2D eigenvalue weighted by molar-refractivity contribution is 0.486. The quantitative estimate of drug-likeness (QED) is 0.666. The fourth-order valence-electron chi connectivity index (χ4n) is 2.28. The third-order valence-corrected chi connectivity index (χ3v) is 4.95. The van der Waals surface area contributed by atoms with Crippen LogP contribution in [0.5, 0.6) is 0 Å². The van der Waals surface area contributed by atoms with Crippen LogP contribution < -0.4 is 5.73 Å². The predicted molar refractivity (Wildman–Crippen MR) is 47.4 cm³/mol. The molecule has 1 aliphatic carbocycles. The first-order valence-corrected chi connectivity index (χ1v) is 6.35. The average Bonchev–Trinajstić information content (AvgIpc) is 2.70. The van der Waals surface area contributed by atoms with E-state index in [4.69, 9.17) is 5.73 Å². The molecule has 0 aromatic heterocycles. The van der Waals surface area contributed by atoms with Gasteiger partial charge in [-0.2, -0.15) is 0 Å². The van der Waals surface area contributed by atoms with Crippen LogP contribution in [0, 0.1) is 17.8 Å². The van der Waals surface area contributed by atoms with Crippen LogP contribution in [-0.2, 0) is 9.84 Å². The van der Waals surface area contributed by atoms with Crippen LogP contribution >= 0.6 is 0 Å². The molecule has 0 aromatic carbocycles. The molecule has 1 saturated heterocycles. The summed E-state index contributed by atoms with van der Waals surface area (Å²) in [6.45, 7) is 0.737. The maximum Gasteiger partial charge on any atom is 0.150 e. The first-order valence-electron chi connectivity index (χ1n) is 4.53. The van der Waals surface area contributed by atoms with Crippen molar-refractivity contribution >= 4 is 9.84 Å². The van der Waals surface area contributed by atoms with Gasteiger partial charge in [0.05, 0.1) is 11.5 Å². The van der Waals surface area contributed by atoms with Crippen molar-refractivity contribution in [2.75, 3.05) is 18.1 Å². The highest BCUT2D eigenvalue weighted by molar-refractivity contribution is 7.91. The Kier molecular flexibility index (Phi) is 1.92. The molecule has 2 aliphatic rings. The van der Waals surface area contributed by atoms with Crippen molar-refractivity contribution in [1.29, 1.82) is 0 Å². The van der Waals surface area contributed by atoms with Gasteiger partial charge in [0.1, 0.15) is 0 Å². The molecule has 0 amide bonds. The Morgan fingerprint density at radius 2 is 2.17 bits per heavy atom. The van der Waals surface area contributed by atoms with Gasteiger partial charge in [0, 0.05) is 0 Å². The van der Waals surface area contributed by atoms with E-state index in [9.17, 15) is 8.42 Å². The Balaban J connectivity index is 1.94. The van der Waals surface area contributed by atoms with Gasteiger partial charge in [-0.3, -0.25) is 0 Å². The van der Waals surface area contributed by atoms with Gasteiger partial charge >= 0.3 is 0 Å². The SMILES string of the molecule is NC[C@@H]1C[C@H]1C1CCS(=O)(=O)C1. The molecule has 12 heavy (non-hydrogen) atoms. The lowest BCUT2D eigenvalue weighted by Gasteiger charge is -2.04. The lowest BCUT2D eigenvalue weighted by Crippen LogP contribution is -2.10. The Labute approximate surface area is 73.2 Å². The van der Waals surface area contributed by atoms with E-state index >= 15 is 0 Å². The van der Waals surface area contributed by atoms with Crippen LogP contribution in [0.2, 0.25) is 0 Å². The zero-order valence-corrected chi connectivity index (χ0v) is 7.89. The molecule has 1 saturated carbocycles. The van der Waals surface area contributed by atoms with Crippen LogP contribution in [0.3, 0.4) is 0 Å². The lowest BCUT2D eigenvalue weighted by atomic mass is 10.0. The average molecular weight is 189 g/mol. The molecule has 1 unspecified atom stereocenters. The molecule has 1 heterocycles. The molecule has 0 bridgehead atoms. The molecular formula is C8H15NO2S. The summed E-state index contributed by atoms with van der Waals surface area (Å²) in [5.41, 5.74) is 5.51. The summed E-state index contributed by atoms with van der Waals surface area (Å²) in [5, 5.41) is 0. The summed E-state index contributed by atoms with van der Waals surface area (Å²) in [6.07, 6.45) is 2.04. The molecule has 0 radical (unpaired) electrons. The van der Waals surface area contributed by atoms with Gasteiger partial charge < -0.3 is 5.73 Å². The molecule has 3 atom stereocenters. The summed E-state index contributed by atoms with van der Waals surface area (Å²) in [5.74, 6) is 2.53. The van der Waals surface area contributed by atoms with E-state index < -0.39 is 9.84 Å². The van der Waals surface area contributed by atoms with E-state index in [1.165, 1.54) is 0 Å². The third kappa shape index (κ3) is 1.50. The Morgan fingerprint density at radius 3 is 2.58 bits per heavy atom. The zero-order chi connectivity index (χ0) is 8.77. The standard InChI is InChI=1S/C8H15NO2S/c9-4-7-3-8(7)6-1-2-12(10,11)5-6/h6-8H,1-5,9H2/t6?,7-,8-/m0/s1. The predicted octanol–water partition coefficient (Wildman–Crippen LogP) is 0.0159. The summed E-state index contributed by atoms with van der Waals surface area (Å²) in [4.78, 5) is 0. The summed E-state index contributed by atoms with van der Waals surface area (Å²) >= 11 is 0. The molecule has 1 aliphatic heterocycles. The van der Waals surface area contributed by atoms with Crippen LogP contribution in [0.4, 0.5) is 0 Å². The van der Waals surface area contributed by atoms with Crippen molar-refractivity contribution < 1.29 is 8.42 Å². The number of nitrogens with two attached hydrogens (primary N) is 1. The molecule has 70 valence electrons. The summed E-state index contributed by atoms with van der Waals surface area (Å²) in [6, 6.07) is 0. The fraction of sp³-hybridized carbons (Fsp3) is 1.00. The number of rotatable bonds is 2. The highest BCUT2D eigenvalue weighted by atomic mass is 32.2. The van der Waals surface area contributed by atoms with Gasteiger partial charge in [0.25, 0.3) is 0 Å². The summed E-state index contributed by atoms with van der Waals surface area (Å²) in [7, 11) is -2.67. The number of hydrogen-bond acceptors (Lipinski definition) is 3. The second-order valence-corrected chi connectivity index (χ2v) is 6.29. The van der Waals surface area contributed by atoms with Gasteiger partial charge in [-0.15, -0.1) is 0 Å². The van der Waals surface area contributed by atoms with E-state index in [1.807, 2.05) is 0 Å². The second-order valence-electron chi connectivity index (χ2n) is 4.06. The number of sulfone groups is 1. The van der Waals surface area contributed by atoms with Crippen LogP contribution in [0.25, 0.3) is 0 Å². The number of hydrogen-bond donors (Lipinski definition) is 1. The van der Waals surface area contributed by atoms with Gasteiger partial charge in [0.15, 0.2) is 9.84 Å². The van der Waals surface area contributed by atoms with E-state index in [-0.39, 0.29) is 0 Å². The normalized spacial score (nSPS) is 44.6. The highest BCUT2D eigenvalue weighted by Crippen LogP contribution is 2.47. The molecule has 2 rings (SSSR count). The van der Waals surface area contributed by atoms with Crippen molar-refractivity contribution in [3.05, 3.63) is 0 Å². The summed E-state index contributed by atoms with van der Waals surface area (Å²) < 4.78 is 22.3. The first-order chi connectivity index (χ1) is 5.62. The minimum atomic E-state index is -2.67. The second kappa shape index (κ2) is 2.70. The van der Waals surface area contributed by atoms with Gasteiger partial charge in [-0.05, 0) is 37.1 Å². The maximum absolute atomic E-state index is 11.1. The van der Waals surface area contributed by atoms with Crippen LogP contribution in [-0.4, -0.2) is 26.5 Å². The Hall–Kier alpha value is -0.0900. The zero-order valence-electron chi connectivity index (χ0n) is 7.07. The fourth-order valence-corrected chi connectivity index (χ4v) is 4.18. The monoisotopic (exact) mass is 189 g/mol. The van der Waals surface area contributed by atoms with E-state index in [2.05, 4.69) is 0 Å². The Morgan fingerprint density at radius 1 is 1.42 bits per heavy atom. The highest BCUT2D eigenvalue weighted by Gasteiger charge is 2.45. The van der Waals surface area contributed by atoms with Crippen molar-refractivity contribution in [2.24, 2.45) is 23.5 Å². The third-order valence-electron chi connectivity index (χ3n) is 3.15. The molecule has 2 N–H and O–H groups in total. The van der Waals surface area contributed by atoms with Crippen molar-refractivity contribution in [3.8, 4) is 0 Å². The molecule has 4 heteroatoms. The van der Waals surface area contributed by atoms with E-state index in [0.717, 1.165) is 19.4 Å². The molecular weight excluding hydrogens is 174 g/mol. The first kappa shape index (κ1) is 8.51.